The lowest BCUT2D eigenvalue weighted by molar-refractivity contribution is 0.487. The Kier molecular flexibility index (Phi) is 2.93. The van der Waals surface area contributed by atoms with Gasteiger partial charge in [-0.3, -0.25) is 0 Å². The quantitative estimate of drug-likeness (QED) is 0.723. The molecule has 94 valence electrons. The molecule has 0 radical (unpaired) electrons. The van der Waals surface area contributed by atoms with Gasteiger partial charge in [-0.1, -0.05) is 23.7 Å². The summed E-state index contributed by atoms with van der Waals surface area (Å²) in [6, 6.07) is 12.7. The minimum Gasteiger partial charge on any atom is -0.453 e. The smallest absolute Gasteiger partial charge is 0.157 e. The van der Waals surface area contributed by atoms with Crippen LogP contribution in [0.25, 0.3) is 10.9 Å². The lowest BCUT2D eigenvalue weighted by Crippen LogP contribution is -1.94. The van der Waals surface area contributed by atoms with E-state index in [-0.39, 0.29) is 0 Å². The van der Waals surface area contributed by atoms with E-state index in [1.54, 1.807) is 24.4 Å². The molecular formula is C14H10ClN3O. The number of nitrogens with zero attached hydrogens (tertiary/aromatic N) is 2. The van der Waals surface area contributed by atoms with Crippen LogP contribution < -0.4 is 10.5 Å². The molecule has 4 nitrogen and oxygen atoms in total. The number of fused-ring (bicyclic) bond motifs is 1. The van der Waals surface area contributed by atoms with Crippen molar-refractivity contribution in [2.24, 2.45) is 0 Å². The van der Waals surface area contributed by atoms with Crippen LogP contribution in [0.2, 0.25) is 5.02 Å². The van der Waals surface area contributed by atoms with Crippen molar-refractivity contribution in [1.82, 2.24) is 10.2 Å². The van der Waals surface area contributed by atoms with Crippen molar-refractivity contribution in [3.05, 3.63) is 53.7 Å². The molecule has 5 heteroatoms. The molecule has 0 bridgehead atoms. The second kappa shape index (κ2) is 4.74. The van der Waals surface area contributed by atoms with Gasteiger partial charge in [0.25, 0.3) is 0 Å². The number of ether oxygens (including phenoxy) is 1. The lowest BCUT2D eigenvalue weighted by Gasteiger charge is -2.10. The maximum atomic E-state index is 5.87. The molecular weight excluding hydrogens is 262 g/mol. The monoisotopic (exact) mass is 271 g/mol. The molecule has 0 spiro atoms. The van der Waals surface area contributed by atoms with E-state index >= 15 is 0 Å². The summed E-state index contributed by atoms with van der Waals surface area (Å²) in [6.07, 6.45) is 1.57. The van der Waals surface area contributed by atoms with Crippen LogP contribution in [-0.4, -0.2) is 10.2 Å². The van der Waals surface area contributed by atoms with E-state index < -0.39 is 0 Å². The number of benzene rings is 2. The highest BCUT2D eigenvalue weighted by molar-refractivity contribution is 6.30. The van der Waals surface area contributed by atoms with Gasteiger partial charge in [0, 0.05) is 10.4 Å². The number of nitrogen functional groups attached to an aromatic ring is 1. The minimum absolute atomic E-state index is 0.480. The molecule has 0 aliphatic heterocycles. The van der Waals surface area contributed by atoms with Crippen molar-refractivity contribution in [2.45, 2.75) is 0 Å². The zero-order valence-corrected chi connectivity index (χ0v) is 10.6. The summed E-state index contributed by atoms with van der Waals surface area (Å²) in [4.78, 5) is 0. The Hall–Kier alpha value is -2.33. The Morgan fingerprint density at radius 2 is 1.89 bits per heavy atom. The van der Waals surface area contributed by atoms with Gasteiger partial charge in [0.1, 0.15) is 0 Å². The number of aromatic nitrogens is 2. The zero-order chi connectivity index (χ0) is 13.2. The maximum Gasteiger partial charge on any atom is 0.157 e. The molecule has 0 aliphatic carbocycles. The second-order valence-corrected chi connectivity index (χ2v) is 4.45. The highest BCUT2D eigenvalue weighted by Crippen LogP contribution is 2.32. The van der Waals surface area contributed by atoms with E-state index in [9.17, 15) is 0 Å². The molecule has 0 saturated carbocycles. The number of nitrogens with two attached hydrogens (primary N) is 1. The van der Waals surface area contributed by atoms with Crippen molar-refractivity contribution in [3.63, 3.8) is 0 Å². The second-order valence-electron chi connectivity index (χ2n) is 4.01. The van der Waals surface area contributed by atoms with Crippen molar-refractivity contribution >= 4 is 28.2 Å². The van der Waals surface area contributed by atoms with E-state index in [1.165, 1.54) is 0 Å². The van der Waals surface area contributed by atoms with Gasteiger partial charge in [-0.15, -0.1) is 0 Å². The van der Waals surface area contributed by atoms with Crippen molar-refractivity contribution in [3.8, 4) is 11.5 Å². The van der Waals surface area contributed by atoms with Crippen LogP contribution in [0.4, 0.5) is 5.69 Å². The first-order chi connectivity index (χ1) is 9.24. The van der Waals surface area contributed by atoms with Gasteiger partial charge >= 0.3 is 0 Å². The normalized spacial score (nSPS) is 10.6. The SMILES string of the molecule is Nc1cc(Cl)ccc1Oc1cnnc2ccccc12. The topological polar surface area (TPSA) is 61.0 Å². The third-order valence-electron chi connectivity index (χ3n) is 2.70. The van der Waals surface area contributed by atoms with Crippen molar-refractivity contribution < 1.29 is 4.74 Å². The van der Waals surface area contributed by atoms with Crippen molar-refractivity contribution in [2.75, 3.05) is 5.73 Å². The number of hydrogen-bond acceptors (Lipinski definition) is 4. The first-order valence-electron chi connectivity index (χ1n) is 5.67. The van der Waals surface area contributed by atoms with Crippen LogP contribution in [0.5, 0.6) is 11.5 Å². The van der Waals surface area contributed by atoms with Crippen LogP contribution in [0, 0.1) is 0 Å². The van der Waals surface area contributed by atoms with Crippen LogP contribution >= 0.6 is 11.6 Å². The van der Waals surface area contributed by atoms with E-state index in [4.69, 9.17) is 22.1 Å². The molecule has 0 unspecified atom stereocenters. The third kappa shape index (κ3) is 2.30. The molecule has 1 aromatic heterocycles. The summed E-state index contributed by atoms with van der Waals surface area (Å²) in [5.74, 6) is 1.15. The molecule has 0 atom stereocenters. The van der Waals surface area contributed by atoms with Crippen LogP contribution in [0.3, 0.4) is 0 Å². The molecule has 0 saturated heterocycles. The average molecular weight is 272 g/mol. The lowest BCUT2D eigenvalue weighted by atomic mass is 10.2. The number of rotatable bonds is 2. The van der Waals surface area contributed by atoms with Crippen LogP contribution in [0.15, 0.2) is 48.7 Å². The molecule has 1 heterocycles. The first kappa shape index (κ1) is 11.7. The predicted octanol–water partition coefficient (Wildman–Crippen LogP) is 3.66. The fourth-order valence-corrected chi connectivity index (χ4v) is 1.97. The van der Waals surface area contributed by atoms with E-state index in [0.717, 1.165) is 10.9 Å². The van der Waals surface area contributed by atoms with Gasteiger partial charge in [0.05, 0.1) is 17.4 Å². The first-order valence-corrected chi connectivity index (χ1v) is 6.05. The van der Waals surface area contributed by atoms with Gasteiger partial charge < -0.3 is 10.5 Å². The van der Waals surface area contributed by atoms with E-state index in [1.807, 2.05) is 24.3 Å². The summed E-state index contributed by atoms with van der Waals surface area (Å²) in [5.41, 5.74) is 7.12. The molecule has 3 aromatic rings. The fraction of sp³-hybridized carbons (Fsp3) is 0. The molecule has 0 fully saturated rings. The Morgan fingerprint density at radius 1 is 1.05 bits per heavy atom. The zero-order valence-electron chi connectivity index (χ0n) is 9.88. The summed E-state index contributed by atoms with van der Waals surface area (Å²) >= 11 is 5.86. The van der Waals surface area contributed by atoms with Gasteiger partial charge in [-0.25, -0.2) is 0 Å². The minimum atomic E-state index is 0.480. The molecule has 2 aromatic carbocycles. The Labute approximate surface area is 114 Å². The largest absolute Gasteiger partial charge is 0.453 e. The Balaban J connectivity index is 2.06. The van der Waals surface area contributed by atoms with E-state index in [2.05, 4.69) is 10.2 Å². The van der Waals surface area contributed by atoms with E-state index in [0.29, 0.717) is 22.2 Å². The molecule has 0 amide bonds. The van der Waals surface area contributed by atoms with Crippen LogP contribution in [-0.2, 0) is 0 Å². The standard InChI is InChI=1S/C14H10ClN3O/c15-9-5-6-13(11(16)7-9)19-14-8-17-18-12-4-2-1-3-10(12)14/h1-8H,16H2. The Bertz CT molecular complexity index is 740. The number of hydrogen-bond donors (Lipinski definition) is 1. The predicted molar refractivity (Wildman–Crippen MR) is 75.5 cm³/mol. The molecule has 3 rings (SSSR count). The van der Waals surface area contributed by atoms with Gasteiger partial charge in [-0.05, 0) is 30.3 Å². The maximum absolute atomic E-state index is 5.87. The van der Waals surface area contributed by atoms with Crippen molar-refractivity contribution in [1.29, 1.82) is 0 Å². The van der Waals surface area contributed by atoms with Gasteiger partial charge in [0.2, 0.25) is 0 Å². The highest BCUT2D eigenvalue weighted by atomic mass is 35.5. The summed E-state index contributed by atoms with van der Waals surface area (Å²) in [5, 5.41) is 9.41. The number of halogens is 1. The Morgan fingerprint density at radius 3 is 2.74 bits per heavy atom. The average Bonchev–Trinajstić information content (AvgIpc) is 2.42. The van der Waals surface area contributed by atoms with Gasteiger partial charge in [0.15, 0.2) is 11.5 Å². The molecule has 19 heavy (non-hydrogen) atoms. The summed E-state index contributed by atoms with van der Waals surface area (Å²) < 4.78 is 5.79. The fourth-order valence-electron chi connectivity index (χ4n) is 1.79. The highest BCUT2D eigenvalue weighted by Gasteiger charge is 2.07. The number of anilines is 1. The summed E-state index contributed by atoms with van der Waals surface area (Å²) in [7, 11) is 0. The third-order valence-corrected chi connectivity index (χ3v) is 2.94. The molecule has 2 N–H and O–H groups in total. The van der Waals surface area contributed by atoms with Gasteiger partial charge in [-0.2, -0.15) is 10.2 Å². The van der Waals surface area contributed by atoms with Crippen LogP contribution in [0.1, 0.15) is 0 Å². The summed E-state index contributed by atoms with van der Waals surface area (Å²) in [6.45, 7) is 0. The molecule has 0 aliphatic rings.